The zero-order valence-electron chi connectivity index (χ0n) is 11.8. The minimum absolute atomic E-state index is 0.0107. The van der Waals surface area contributed by atoms with Crippen LogP contribution in [0.2, 0.25) is 0 Å². The lowest BCUT2D eigenvalue weighted by molar-refractivity contribution is -0.121. The Morgan fingerprint density at radius 2 is 2.10 bits per heavy atom. The molecule has 1 aromatic rings. The fraction of sp³-hybridized carbons (Fsp3) is 0.615. The number of halogens is 1. The van der Waals surface area contributed by atoms with Gasteiger partial charge in [-0.05, 0) is 49.5 Å². The average molecular weight is 343 g/mol. The second kappa shape index (κ2) is 5.95. The molecule has 2 N–H and O–H groups in total. The number of carbonyl (C=O) groups is 1. The van der Waals surface area contributed by atoms with Crippen molar-refractivity contribution in [1.82, 2.24) is 15.1 Å². The first kappa shape index (κ1) is 15.0. The average Bonchev–Trinajstić information content (AvgIpc) is 3.18. The summed E-state index contributed by atoms with van der Waals surface area (Å²) < 4.78 is 1.79. The number of aromatic nitrogens is 2. The van der Waals surface area contributed by atoms with E-state index in [2.05, 4.69) is 31.7 Å². The van der Waals surface area contributed by atoms with Gasteiger partial charge in [0.25, 0.3) is 5.56 Å². The van der Waals surface area contributed by atoms with Crippen LogP contribution in [0.15, 0.2) is 15.5 Å². The topological polar surface area (TPSA) is 76.0 Å². The molecule has 1 aromatic heterocycles. The molecule has 20 heavy (non-hydrogen) atoms. The minimum Gasteiger partial charge on any atom is -0.372 e. The van der Waals surface area contributed by atoms with Crippen molar-refractivity contribution in [2.24, 2.45) is 0 Å². The molecule has 1 atom stereocenters. The molecule has 110 valence electrons. The summed E-state index contributed by atoms with van der Waals surface area (Å²) >= 11 is 3.27. The first-order valence-corrected chi connectivity index (χ1v) is 7.53. The van der Waals surface area contributed by atoms with E-state index >= 15 is 0 Å². The van der Waals surface area contributed by atoms with Gasteiger partial charge >= 0.3 is 0 Å². The molecule has 0 aliphatic heterocycles. The smallest absolute Gasteiger partial charge is 0.283 e. The van der Waals surface area contributed by atoms with Crippen LogP contribution in [0.5, 0.6) is 0 Å². The molecule has 1 aliphatic rings. The van der Waals surface area contributed by atoms with Crippen LogP contribution in [-0.4, -0.2) is 27.8 Å². The Kier molecular flexibility index (Phi) is 4.47. The third kappa shape index (κ3) is 3.39. The Morgan fingerprint density at radius 1 is 1.45 bits per heavy atom. The van der Waals surface area contributed by atoms with Gasteiger partial charge in [0, 0.05) is 6.04 Å². The molecule has 1 heterocycles. The van der Waals surface area contributed by atoms with E-state index < -0.39 is 6.04 Å². The van der Waals surface area contributed by atoms with Gasteiger partial charge in [0.1, 0.15) is 10.5 Å². The Hall–Kier alpha value is -1.37. The largest absolute Gasteiger partial charge is 0.372 e. The second-order valence-electron chi connectivity index (χ2n) is 5.36. The van der Waals surface area contributed by atoms with Crippen molar-refractivity contribution in [2.75, 3.05) is 5.32 Å². The van der Waals surface area contributed by atoms with Crippen LogP contribution in [0.1, 0.15) is 39.7 Å². The summed E-state index contributed by atoms with van der Waals surface area (Å²) in [4.78, 5) is 24.0. The molecule has 0 radical (unpaired) electrons. The van der Waals surface area contributed by atoms with Crippen LogP contribution < -0.4 is 16.2 Å². The molecule has 0 bridgehead atoms. The van der Waals surface area contributed by atoms with E-state index in [0.29, 0.717) is 16.2 Å². The van der Waals surface area contributed by atoms with Crippen LogP contribution in [0.3, 0.4) is 0 Å². The van der Waals surface area contributed by atoms with Crippen molar-refractivity contribution in [3.05, 3.63) is 21.0 Å². The van der Waals surface area contributed by atoms with Gasteiger partial charge in [-0.3, -0.25) is 9.59 Å². The van der Waals surface area contributed by atoms with Crippen molar-refractivity contribution < 1.29 is 4.79 Å². The predicted molar refractivity (Wildman–Crippen MR) is 80.8 cm³/mol. The van der Waals surface area contributed by atoms with Gasteiger partial charge < -0.3 is 10.6 Å². The first-order valence-electron chi connectivity index (χ1n) is 6.74. The van der Waals surface area contributed by atoms with E-state index in [1.165, 1.54) is 4.68 Å². The molecule has 1 unspecified atom stereocenters. The van der Waals surface area contributed by atoms with Gasteiger partial charge in [-0.1, -0.05) is 0 Å². The molecule has 1 fully saturated rings. The van der Waals surface area contributed by atoms with E-state index in [0.717, 1.165) is 12.8 Å². The highest BCUT2D eigenvalue weighted by Crippen LogP contribution is 2.20. The van der Waals surface area contributed by atoms with Crippen LogP contribution in [0.4, 0.5) is 5.69 Å². The quantitative estimate of drug-likeness (QED) is 0.853. The molecule has 0 saturated heterocycles. The van der Waals surface area contributed by atoms with Crippen LogP contribution in [-0.2, 0) is 4.79 Å². The summed E-state index contributed by atoms with van der Waals surface area (Å²) in [7, 11) is 0. The van der Waals surface area contributed by atoms with Gasteiger partial charge in [-0.2, -0.15) is 5.10 Å². The summed E-state index contributed by atoms with van der Waals surface area (Å²) in [5.74, 6) is -0.0626. The maximum Gasteiger partial charge on any atom is 0.283 e. The number of nitrogens with zero attached hydrogens (tertiary/aromatic N) is 2. The highest BCUT2D eigenvalue weighted by Gasteiger charge is 2.26. The van der Waals surface area contributed by atoms with Crippen LogP contribution >= 0.6 is 15.9 Å². The number of rotatable bonds is 5. The van der Waals surface area contributed by atoms with Gasteiger partial charge in [-0.15, -0.1) is 0 Å². The number of amides is 1. The summed E-state index contributed by atoms with van der Waals surface area (Å²) in [5, 5.41) is 10.0. The number of anilines is 1. The molecule has 0 spiro atoms. The lowest BCUT2D eigenvalue weighted by Crippen LogP contribution is -2.39. The summed E-state index contributed by atoms with van der Waals surface area (Å²) in [6.45, 7) is 5.54. The summed E-state index contributed by atoms with van der Waals surface area (Å²) in [6.07, 6.45) is 3.66. The lowest BCUT2D eigenvalue weighted by atomic mass is 10.3. The normalized spacial score (nSPS) is 16.1. The Morgan fingerprint density at radius 3 is 2.65 bits per heavy atom. The first-order chi connectivity index (χ1) is 9.40. The van der Waals surface area contributed by atoms with Crippen LogP contribution in [0, 0.1) is 0 Å². The molecular weight excluding hydrogens is 324 g/mol. The number of hydrogen-bond acceptors (Lipinski definition) is 4. The molecule has 0 aromatic carbocycles. The molecule has 6 nitrogen and oxygen atoms in total. The summed E-state index contributed by atoms with van der Waals surface area (Å²) in [5.41, 5.74) is 0.324. The van der Waals surface area contributed by atoms with Gasteiger partial charge in [0.05, 0.1) is 17.9 Å². The van der Waals surface area contributed by atoms with Gasteiger partial charge in [0.15, 0.2) is 0 Å². The molecule has 1 amide bonds. The predicted octanol–water partition coefficient (Wildman–Crippen LogP) is 1.67. The molecule has 2 rings (SSSR count). The lowest BCUT2D eigenvalue weighted by Gasteiger charge is -2.17. The van der Waals surface area contributed by atoms with E-state index in [9.17, 15) is 9.59 Å². The van der Waals surface area contributed by atoms with E-state index in [-0.39, 0.29) is 17.5 Å². The highest BCUT2D eigenvalue weighted by atomic mass is 79.9. The van der Waals surface area contributed by atoms with Gasteiger partial charge in [-0.25, -0.2) is 4.68 Å². The maximum absolute atomic E-state index is 12.1. The van der Waals surface area contributed by atoms with Crippen molar-refractivity contribution in [2.45, 2.75) is 51.7 Å². The van der Waals surface area contributed by atoms with E-state index in [4.69, 9.17) is 0 Å². The Labute approximate surface area is 126 Å². The zero-order chi connectivity index (χ0) is 14.9. The summed E-state index contributed by atoms with van der Waals surface area (Å²) in [6, 6.07) is -0.103. The van der Waals surface area contributed by atoms with Crippen LogP contribution in [0.25, 0.3) is 0 Å². The Bertz CT molecular complexity index is 566. The molecule has 7 heteroatoms. The standard InChI is InChI=1S/C13H19BrN4O2/c1-7(2)18-13(20)11(14)10(6-15-18)16-8(3)12(19)17-9-4-5-9/h6-9,16H,4-5H2,1-3H3,(H,17,19). The number of hydrogen-bond donors (Lipinski definition) is 2. The van der Waals surface area contributed by atoms with E-state index in [1.807, 2.05) is 13.8 Å². The SMILES string of the molecule is CC(Nc1cnn(C(C)C)c(=O)c1Br)C(=O)NC1CC1. The van der Waals surface area contributed by atoms with E-state index in [1.54, 1.807) is 13.1 Å². The zero-order valence-corrected chi connectivity index (χ0v) is 13.4. The minimum atomic E-state index is -0.414. The third-order valence-corrected chi connectivity index (χ3v) is 3.89. The van der Waals surface area contributed by atoms with Crippen molar-refractivity contribution in [3.8, 4) is 0 Å². The second-order valence-corrected chi connectivity index (χ2v) is 6.16. The third-order valence-electron chi connectivity index (χ3n) is 3.12. The Balaban J connectivity index is 2.10. The van der Waals surface area contributed by atoms with Crippen molar-refractivity contribution in [1.29, 1.82) is 0 Å². The monoisotopic (exact) mass is 342 g/mol. The highest BCUT2D eigenvalue weighted by molar-refractivity contribution is 9.10. The number of carbonyl (C=O) groups excluding carboxylic acids is 1. The fourth-order valence-electron chi connectivity index (χ4n) is 1.77. The van der Waals surface area contributed by atoms with Gasteiger partial charge in [0.2, 0.25) is 5.91 Å². The molecule has 1 saturated carbocycles. The van der Waals surface area contributed by atoms with Crippen molar-refractivity contribution in [3.63, 3.8) is 0 Å². The molecule has 1 aliphatic carbocycles. The number of nitrogens with one attached hydrogen (secondary N) is 2. The van der Waals surface area contributed by atoms with Crippen molar-refractivity contribution >= 4 is 27.5 Å². The maximum atomic E-state index is 12.1. The molecular formula is C13H19BrN4O2. The fourth-order valence-corrected chi connectivity index (χ4v) is 2.16.